The summed E-state index contributed by atoms with van der Waals surface area (Å²) in [5, 5.41) is 0. The van der Waals surface area contributed by atoms with E-state index in [1.54, 1.807) is 0 Å². The van der Waals surface area contributed by atoms with Crippen LogP contribution in [0.5, 0.6) is 0 Å². The largest absolute Gasteiger partial charge is 0.345 e. The molecule has 3 heteroatoms. The fraction of sp³-hybridized carbons (Fsp3) is 0.727. The average molecular weight is 193 g/mol. The van der Waals surface area contributed by atoms with Crippen molar-refractivity contribution in [3.8, 4) is 0 Å². The maximum atomic E-state index is 5.77. The zero-order valence-electron chi connectivity index (χ0n) is 9.06. The lowest BCUT2D eigenvalue weighted by atomic mass is 10.1. The summed E-state index contributed by atoms with van der Waals surface area (Å²) >= 11 is 0. The molecule has 14 heavy (non-hydrogen) atoms. The Hall–Kier alpha value is -0.830. The van der Waals surface area contributed by atoms with Crippen LogP contribution in [-0.4, -0.2) is 16.5 Å². The third-order valence-electron chi connectivity index (χ3n) is 3.22. The molecular weight excluding hydrogens is 174 g/mol. The summed E-state index contributed by atoms with van der Waals surface area (Å²) in [6.07, 6.45) is 4.62. The number of nitrogens with one attached hydrogen (secondary N) is 1. The van der Waals surface area contributed by atoms with Gasteiger partial charge in [-0.2, -0.15) is 0 Å². The SMILES string of the molecule is CCCc1nc(C2(CN)CC2)[nH]c1C. The molecule has 3 nitrogen and oxygen atoms in total. The van der Waals surface area contributed by atoms with Crippen molar-refractivity contribution in [1.82, 2.24) is 9.97 Å². The third-order valence-corrected chi connectivity index (χ3v) is 3.22. The highest BCUT2D eigenvalue weighted by molar-refractivity contribution is 5.24. The van der Waals surface area contributed by atoms with E-state index in [1.807, 2.05) is 0 Å². The minimum absolute atomic E-state index is 0.205. The van der Waals surface area contributed by atoms with Gasteiger partial charge in [0.2, 0.25) is 0 Å². The molecule has 0 bridgehead atoms. The molecule has 2 rings (SSSR count). The quantitative estimate of drug-likeness (QED) is 0.764. The lowest BCUT2D eigenvalue weighted by molar-refractivity contribution is 0.655. The molecule has 78 valence electrons. The van der Waals surface area contributed by atoms with Crippen LogP contribution in [0.4, 0.5) is 0 Å². The summed E-state index contributed by atoms with van der Waals surface area (Å²) in [6.45, 7) is 5.02. The molecule has 1 aliphatic carbocycles. The summed E-state index contributed by atoms with van der Waals surface area (Å²) in [5.74, 6) is 1.13. The molecule has 1 aliphatic rings. The molecule has 0 unspecified atom stereocenters. The standard InChI is InChI=1S/C11H19N3/c1-3-4-9-8(2)13-10(14-9)11(7-12)5-6-11/h3-7,12H2,1-2H3,(H,13,14). The van der Waals surface area contributed by atoms with Gasteiger partial charge in [-0.25, -0.2) is 4.98 Å². The predicted molar refractivity (Wildman–Crippen MR) is 57.3 cm³/mol. The van der Waals surface area contributed by atoms with Crippen LogP contribution < -0.4 is 5.73 Å². The smallest absolute Gasteiger partial charge is 0.114 e. The van der Waals surface area contributed by atoms with Crippen LogP contribution in [0.1, 0.15) is 43.4 Å². The molecule has 1 fully saturated rings. The van der Waals surface area contributed by atoms with E-state index in [1.165, 1.54) is 24.2 Å². The van der Waals surface area contributed by atoms with Gasteiger partial charge in [-0.3, -0.25) is 0 Å². The van der Waals surface area contributed by atoms with Crippen molar-refractivity contribution in [2.45, 2.75) is 44.9 Å². The van der Waals surface area contributed by atoms with Gasteiger partial charge < -0.3 is 10.7 Å². The minimum Gasteiger partial charge on any atom is -0.345 e. The molecule has 0 atom stereocenters. The molecular formula is C11H19N3. The summed E-state index contributed by atoms with van der Waals surface area (Å²) in [4.78, 5) is 8.06. The Morgan fingerprint density at radius 2 is 2.21 bits per heavy atom. The van der Waals surface area contributed by atoms with Crippen molar-refractivity contribution in [3.63, 3.8) is 0 Å². The molecule has 1 saturated carbocycles. The van der Waals surface area contributed by atoms with Crippen molar-refractivity contribution >= 4 is 0 Å². The zero-order valence-corrected chi connectivity index (χ0v) is 9.06. The van der Waals surface area contributed by atoms with E-state index in [9.17, 15) is 0 Å². The number of hydrogen-bond acceptors (Lipinski definition) is 2. The molecule has 0 saturated heterocycles. The summed E-state index contributed by atoms with van der Waals surface area (Å²) in [6, 6.07) is 0. The molecule has 0 radical (unpaired) electrons. The maximum absolute atomic E-state index is 5.77. The summed E-state index contributed by atoms with van der Waals surface area (Å²) < 4.78 is 0. The Balaban J connectivity index is 2.24. The van der Waals surface area contributed by atoms with Crippen LogP contribution in [0.3, 0.4) is 0 Å². The van der Waals surface area contributed by atoms with Crippen molar-refractivity contribution in [2.24, 2.45) is 5.73 Å². The van der Waals surface area contributed by atoms with Crippen molar-refractivity contribution in [1.29, 1.82) is 0 Å². The number of nitrogens with zero attached hydrogens (tertiary/aromatic N) is 1. The second-order valence-corrected chi connectivity index (χ2v) is 4.39. The van der Waals surface area contributed by atoms with E-state index >= 15 is 0 Å². The van der Waals surface area contributed by atoms with Gasteiger partial charge in [0.25, 0.3) is 0 Å². The number of H-pyrrole nitrogens is 1. The van der Waals surface area contributed by atoms with E-state index in [4.69, 9.17) is 5.73 Å². The van der Waals surface area contributed by atoms with E-state index in [2.05, 4.69) is 23.8 Å². The van der Waals surface area contributed by atoms with Crippen LogP contribution in [0.15, 0.2) is 0 Å². The van der Waals surface area contributed by atoms with Crippen molar-refractivity contribution in [2.75, 3.05) is 6.54 Å². The summed E-state index contributed by atoms with van der Waals surface area (Å²) in [5.41, 5.74) is 8.43. The first-order chi connectivity index (χ1) is 6.72. The third kappa shape index (κ3) is 1.46. The highest BCUT2D eigenvalue weighted by Crippen LogP contribution is 2.45. The predicted octanol–water partition coefficient (Wildman–Crippen LogP) is 1.66. The van der Waals surface area contributed by atoms with Crippen LogP contribution in [0, 0.1) is 6.92 Å². The average Bonchev–Trinajstić information content (AvgIpc) is 2.89. The first kappa shape index (κ1) is 9.71. The van der Waals surface area contributed by atoms with Gasteiger partial charge >= 0.3 is 0 Å². The highest BCUT2D eigenvalue weighted by Gasteiger charge is 2.45. The lowest BCUT2D eigenvalue weighted by Crippen LogP contribution is -2.21. The Kier molecular flexibility index (Phi) is 2.35. The molecule has 1 aromatic rings. The van der Waals surface area contributed by atoms with E-state index in [0.717, 1.165) is 25.2 Å². The second kappa shape index (κ2) is 3.39. The first-order valence-corrected chi connectivity index (χ1v) is 5.48. The fourth-order valence-corrected chi connectivity index (χ4v) is 1.92. The normalized spacial score (nSPS) is 18.5. The van der Waals surface area contributed by atoms with E-state index in [-0.39, 0.29) is 5.41 Å². The molecule has 1 aromatic heterocycles. The van der Waals surface area contributed by atoms with Crippen LogP contribution in [-0.2, 0) is 11.8 Å². The second-order valence-electron chi connectivity index (χ2n) is 4.39. The number of rotatable bonds is 4. The van der Waals surface area contributed by atoms with Gasteiger partial charge in [-0.1, -0.05) is 13.3 Å². The number of nitrogens with two attached hydrogens (primary N) is 1. The van der Waals surface area contributed by atoms with Crippen LogP contribution in [0.25, 0.3) is 0 Å². The number of aromatic amines is 1. The van der Waals surface area contributed by atoms with Gasteiger partial charge in [0.1, 0.15) is 5.82 Å². The van der Waals surface area contributed by atoms with E-state index < -0.39 is 0 Å². The Morgan fingerprint density at radius 1 is 1.50 bits per heavy atom. The molecule has 0 aromatic carbocycles. The molecule has 0 aliphatic heterocycles. The van der Waals surface area contributed by atoms with Crippen LogP contribution >= 0.6 is 0 Å². The maximum Gasteiger partial charge on any atom is 0.114 e. The van der Waals surface area contributed by atoms with Crippen LogP contribution in [0.2, 0.25) is 0 Å². The zero-order chi connectivity index (χ0) is 10.2. The molecule has 1 heterocycles. The van der Waals surface area contributed by atoms with Gasteiger partial charge in [-0.15, -0.1) is 0 Å². The van der Waals surface area contributed by atoms with Gasteiger partial charge in [0.15, 0.2) is 0 Å². The minimum atomic E-state index is 0.205. The number of hydrogen-bond donors (Lipinski definition) is 2. The topological polar surface area (TPSA) is 54.7 Å². The van der Waals surface area contributed by atoms with Gasteiger partial charge in [-0.05, 0) is 26.2 Å². The van der Waals surface area contributed by atoms with Gasteiger partial charge in [0.05, 0.1) is 5.69 Å². The Morgan fingerprint density at radius 3 is 2.71 bits per heavy atom. The van der Waals surface area contributed by atoms with Gasteiger partial charge in [0, 0.05) is 17.7 Å². The number of imidazole rings is 1. The van der Waals surface area contributed by atoms with E-state index in [0.29, 0.717) is 0 Å². The van der Waals surface area contributed by atoms with Crippen molar-refractivity contribution < 1.29 is 0 Å². The summed E-state index contributed by atoms with van der Waals surface area (Å²) in [7, 11) is 0. The Labute approximate surface area is 85.1 Å². The number of aryl methyl sites for hydroxylation is 2. The monoisotopic (exact) mass is 193 g/mol. The highest BCUT2D eigenvalue weighted by atomic mass is 15.0. The van der Waals surface area contributed by atoms with Crippen molar-refractivity contribution in [3.05, 3.63) is 17.2 Å². The molecule has 3 N–H and O–H groups in total. The molecule has 0 amide bonds. The lowest BCUT2D eigenvalue weighted by Gasteiger charge is -2.07. The first-order valence-electron chi connectivity index (χ1n) is 5.48. The fourth-order valence-electron chi connectivity index (χ4n) is 1.92. The number of aromatic nitrogens is 2. The molecule has 0 spiro atoms. The Bertz CT molecular complexity index is 323.